The van der Waals surface area contributed by atoms with E-state index in [0.717, 1.165) is 11.3 Å². The molecular weight excluding hydrogens is 529 g/mol. The second-order valence-electron chi connectivity index (χ2n) is 9.14. The van der Waals surface area contributed by atoms with Crippen molar-refractivity contribution >= 4 is 52.5 Å². The predicted octanol–water partition coefficient (Wildman–Crippen LogP) is 6.75. The van der Waals surface area contributed by atoms with E-state index in [1.807, 2.05) is 42.7 Å². The number of amides is 2. The van der Waals surface area contributed by atoms with E-state index in [9.17, 15) is 9.59 Å². The number of aromatic nitrogens is 3. The zero-order chi connectivity index (χ0) is 27.1. The lowest BCUT2D eigenvalue weighted by Crippen LogP contribution is -2.34. The van der Waals surface area contributed by atoms with Crippen LogP contribution >= 0.6 is 35.0 Å². The molecule has 2 amide bonds. The fourth-order valence-electron chi connectivity index (χ4n) is 3.79. The molecule has 0 aliphatic carbocycles. The van der Waals surface area contributed by atoms with Crippen molar-refractivity contribution in [2.45, 2.75) is 51.4 Å². The van der Waals surface area contributed by atoms with Gasteiger partial charge in [0, 0.05) is 17.3 Å². The standard InChI is InChI=1S/C27H31Cl2N5O2S/c1-6-13-34-25(24(17(4)5)31-26(36)20-12-11-18(28)14-21(20)29)32-33-27(34)37-15-23(35)30-22-10-8-7-9-19(22)16(2)3/h6-12,14,16-17,24H,1,13,15H2,2-5H3,(H,30,35)(H,31,36)/t24-/m0/s1. The van der Waals surface area contributed by atoms with Crippen molar-refractivity contribution in [1.82, 2.24) is 20.1 Å². The predicted molar refractivity (Wildman–Crippen MR) is 152 cm³/mol. The van der Waals surface area contributed by atoms with E-state index < -0.39 is 6.04 Å². The third kappa shape index (κ3) is 7.37. The van der Waals surface area contributed by atoms with E-state index in [1.54, 1.807) is 18.2 Å². The van der Waals surface area contributed by atoms with Crippen LogP contribution in [0, 0.1) is 5.92 Å². The molecule has 0 saturated carbocycles. The maximum absolute atomic E-state index is 13.0. The molecular formula is C27H31Cl2N5O2S. The zero-order valence-electron chi connectivity index (χ0n) is 21.3. The summed E-state index contributed by atoms with van der Waals surface area (Å²) in [5, 5.41) is 16.0. The lowest BCUT2D eigenvalue weighted by atomic mass is 10.0. The van der Waals surface area contributed by atoms with Crippen LogP contribution in [0.25, 0.3) is 0 Å². The van der Waals surface area contributed by atoms with Crippen molar-refractivity contribution in [3.05, 3.63) is 82.1 Å². The Morgan fingerprint density at radius 2 is 1.84 bits per heavy atom. The van der Waals surface area contributed by atoms with Crippen molar-refractivity contribution in [2.24, 2.45) is 5.92 Å². The first kappa shape index (κ1) is 28.8. The van der Waals surface area contributed by atoms with E-state index >= 15 is 0 Å². The number of para-hydroxylation sites is 1. The summed E-state index contributed by atoms with van der Waals surface area (Å²) in [5.74, 6) is 0.525. The van der Waals surface area contributed by atoms with Crippen molar-refractivity contribution < 1.29 is 9.59 Å². The summed E-state index contributed by atoms with van der Waals surface area (Å²) in [7, 11) is 0. The van der Waals surface area contributed by atoms with Crippen LogP contribution in [0.2, 0.25) is 10.0 Å². The maximum Gasteiger partial charge on any atom is 0.253 e. The Kier molecular flexibility index (Phi) is 10.2. The van der Waals surface area contributed by atoms with E-state index in [-0.39, 0.29) is 34.4 Å². The molecule has 0 aliphatic heterocycles. The van der Waals surface area contributed by atoms with Gasteiger partial charge in [0.2, 0.25) is 5.91 Å². The molecule has 2 N–H and O–H groups in total. The minimum atomic E-state index is -0.451. The molecule has 0 spiro atoms. The summed E-state index contributed by atoms with van der Waals surface area (Å²) >= 11 is 13.5. The first-order valence-corrected chi connectivity index (χ1v) is 13.7. The van der Waals surface area contributed by atoms with Gasteiger partial charge in [0.15, 0.2) is 11.0 Å². The highest BCUT2D eigenvalue weighted by Gasteiger charge is 2.27. The third-order valence-electron chi connectivity index (χ3n) is 5.65. The number of carbonyl (C=O) groups is 2. The molecule has 1 atom stereocenters. The van der Waals surface area contributed by atoms with Crippen molar-refractivity contribution in [3.8, 4) is 0 Å². The van der Waals surface area contributed by atoms with Crippen LogP contribution in [0.4, 0.5) is 5.69 Å². The number of thioether (sulfide) groups is 1. The molecule has 7 nitrogen and oxygen atoms in total. The number of benzene rings is 2. The molecule has 3 aromatic rings. The van der Waals surface area contributed by atoms with Gasteiger partial charge in [0.05, 0.1) is 22.4 Å². The number of carbonyl (C=O) groups excluding carboxylic acids is 2. The number of anilines is 1. The van der Waals surface area contributed by atoms with Gasteiger partial charge in [-0.15, -0.1) is 16.8 Å². The Bertz CT molecular complexity index is 1280. The van der Waals surface area contributed by atoms with Crippen LogP contribution in [0.5, 0.6) is 0 Å². The van der Waals surface area contributed by atoms with Gasteiger partial charge in [-0.3, -0.25) is 9.59 Å². The quantitative estimate of drug-likeness (QED) is 0.200. The van der Waals surface area contributed by atoms with Crippen molar-refractivity contribution in [2.75, 3.05) is 11.1 Å². The molecule has 0 aliphatic rings. The zero-order valence-corrected chi connectivity index (χ0v) is 23.6. The minimum Gasteiger partial charge on any atom is -0.342 e. The highest BCUT2D eigenvalue weighted by Crippen LogP contribution is 2.28. The first-order valence-electron chi connectivity index (χ1n) is 11.9. The molecule has 37 heavy (non-hydrogen) atoms. The molecule has 0 saturated heterocycles. The van der Waals surface area contributed by atoms with Gasteiger partial charge in [0.25, 0.3) is 5.91 Å². The Morgan fingerprint density at radius 1 is 1.11 bits per heavy atom. The average Bonchev–Trinajstić information content (AvgIpc) is 3.23. The van der Waals surface area contributed by atoms with E-state index in [4.69, 9.17) is 23.2 Å². The molecule has 196 valence electrons. The second-order valence-corrected chi connectivity index (χ2v) is 10.9. The lowest BCUT2D eigenvalue weighted by molar-refractivity contribution is -0.113. The number of rotatable bonds is 11. The van der Waals surface area contributed by atoms with Crippen molar-refractivity contribution in [1.29, 1.82) is 0 Å². The number of hydrogen-bond donors (Lipinski definition) is 2. The number of allylic oxidation sites excluding steroid dienone is 1. The van der Waals surface area contributed by atoms with Gasteiger partial charge in [-0.1, -0.05) is 86.9 Å². The lowest BCUT2D eigenvalue weighted by Gasteiger charge is -2.23. The van der Waals surface area contributed by atoms with E-state index in [2.05, 4.69) is 41.3 Å². The minimum absolute atomic E-state index is 0.00326. The molecule has 0 bridgehead atoms. The van der Waals surface area contributed by atoms with Gasteiger partial charge < -0.3 is 15.2 Å². The molecule has 1 aromatic heterocycles. The average molecular weight is 561 g/mol. The van der Waals surface area contributed by atoms with Crippen LogP contribution in [0.1, 0.15) is 61.4 Å². The Labute approximate surface area is 232 Å². The number of halogens is 2. The Morgan fingerprint density at radius 3 is 2.49 bits per heavy atom. The molecule has 3 rings (SSSR count). The van der Waals surface area contributed by atoms with E-state index in [1.165, 1.54) is 17.8 Å². The number of nitrogens with one attached hydrogen (secondary N) is 2. The van der Waals surface area contributed by atoms with Gasteiger partial charge in [-0.2, -0.15) is 0 Å². The van der Waals surface area contributed by atoms with Gasteiger partial charge >= 0.3 is 0 Å². The van der Waals surface area contributed by atoms with Crippen LogP contribution < -0.4 is 10.6 Å². The van der Waals surface area contributed by atoms with Gasteiger partial charge in [0.1, 0.15) is 0 Å². The van der Waals surface area contributed by atoms with Crippen LogP contribution in [-0.2, 0) is 11.3 Å². The molecule has 1 heterocycles. The normalized spacial score (nSPS) is 12.0. The van der Waals surface area contributed by atoms with Crippen LogP contribution in [0.15, 0.2) is 60.3 Å². The number of nitrogens with zero attached hydrogens (tertiary/aromatic N) is 3. The summed E-state index contributed by atoms with van der Waals surface area (Å²) in [5.41, 5.74) is 2.20. The Balaban J connectivity index is 1.78. The SMILES string of the molecule is C=CCn1c(SCC(=O)Nc2ccccc2C(C)C)nnc1[C@@H](NC(=O)c1ccc(Cl)cc1Cl)C(C)C. The summed E-state index contributed by atoms with van der Waals surface area (Å²) < 4.78 is 1.86. The fourth-order valence-corrected chi connectivity index (χ4v) is 5.04. The molecule has 2 aromatic carbocycles. The summed E-state index contributed by atoms with van der Waals surface area (Å²) in [6.45, 7) is 12.4. The maximum atomic E-state index is 13.0. The van der Waals surface area contributed by atoms with Gasteiger partial charge in [-0.25, -0.2) is 0 Å². The first-order chi connectivity index (χ1) is 17.6. The smallest absolute Gasteiger partial charge is 0.253 e. The molecule has 0 radical (unpaired) electrons. The van der Waals surface area contributed by atoms with Crippen LogP contribution in [-0.4, -0.2) is 32.3 Å². The molecule has 10 heteroatoms. The second kappa shape index (κ2) is 13.1. The largest absolute Gasteiger partial charge is 0.342 e. The monoisotopic (exact) mass is 559 g/mol. The topological polar surface area (TPSA) is 88.9 Å². The fraction of sp³-hybridized carbons (Fsp3) is 0.333. The Hall–Kier alpha value is -2.81. The van der Waals surface area contributed by atoms with Crippen molar-refractivity contribution in [3.63, 3.8) is 0 Å². The van der Waals surface area contributed by atoms with E-state index in [0.29, 0.717) is 28.1 Å². The molecule has 0 fully saturated rings. The highest BCUT2D eigenvalue weighted by atomic mass is 35.5. The number of hydrogen-bond acceptors (Lipinski definition) is 5. The van der Waals surface area contributed by atoms with Gasteiger partial charge in [-0.05, 0) is 41.7 Å². The third-order valence-corrected chi connectivity index (χ3v) is 7.17. The van der Waals surface area contributed by atoms with Crippen LogP contribution in [0.3, 0.4) is 0 Å². The summed E-state index contributed by atoms with van der Waals surface area (Å²) in [6.07, 6.45) is 1.73. The summed E-state index contributed by atoms with van der Waals surface area (Å²) in [6, 6.07) is 12.1. The molecule has 0 unspecified atom stereocenters. The summed E-state index contributed by atoms with van der Waals surface area (Å²) in [4.78, 5) is 25.8. The highest BCUT2D eigenvalue weighted by molar-refractivity contribution is 7.99.